The van der Waals surface area contributed by atoms with Crippen molar-refractivity contribution < 1.29 is 9.72 Å². The summed E-state index contributed by atoms with van der Waals surface area (Å²) in [6.07, 6.45) is 1.51. The Kier molecular flexibility index (Phi) is 2.05. The summed E-state index contributed by atoms with van der Waals surface area (Å²) in [7, 11) is 0. The molecule has 0 saturated carbocycles. The molecule has 12 heavy (non-hydrogen) atoms. The lowest BCUT2D eigenvalue weighted by Crippen LogP contribution is -1.99. The van der Waals surface area contributed by atoms with E-state index in [2.05, 4.69) is 0 Å². The number of nitrogen functional groups attached to an aromatic ring is 1. The van der Waals surface area contributed by atoms with E-state index in [0.717, 1.165) is 0 Å². The van der Waals surface area contributed by atoms with Crippen LogP contribution in [0, 0.1) is 10.1 Å². The van der Waals surface area contributed by atoms with Gasteiger partial charge in [-0.25, -0.2) is 0 Å². The van der Waals surface area contributed by atoms with E-state index in [0.29, 0.717) is 0 Å². The van der Waals surface area contributed by atoms with E-state index in [1.807, 2.05) is 0 Å². The number of nitro groups is 1. The smallest absolute Gasteiger partial charge is 0.292 e. The summed E-state index contributed by atoms with van der Waals surface area (Å²) in [6.45, 7) is 0. The van der Waals surface area contributed by atoms with Crippen molar-refractivity contribution in [3.63, 3.8) is 0 Å². The molecule has 0 aliphatic rings. The van der Waals surface area contributed by atoms with Crippen LogP contribution in [0.5, 0.6) is 0 Å². The summed E-state index contributed by atoms with van der Waals surface area (Å²) in [5.41, 5.74) is 4.90. The van der Waals surface area contributed by atoms with Gasteiger partial charge in [-0.2, -0.15) is 0 Å². The van der Waals surface area contributed by atoms with Gasteiger partial charge in [-0.15, -0.1) is 0 Å². The summed E-state index contributed by atoms with van der Waals surface area (Å²) in [4.78, 5) is 19.8. The van der Waals surface area contributed by atoms with Gasteiger partial charge < -0.3 is 5.73 Å². The minimum atomic E-state index is -0.643. The summed E-state index contributed by atoms with van der Waals surface area (Å²) in [5, 5.41) is 10.3. The number of nitrogens with two attached hydrogens (primary N) is 1. The van der Waals surface area contributed by atoms with Gasteiger partial charge in [-0.1, -0.05) is 6.07 Å². The number of hydrogen-bond donors (Lipinski definition) is 1. The molecule has 0 aliphatic heterocycles. The first-order valence-electron chi connectivity index (χ1n) is 3.08. The Morgan fingerprint density at radius 3 is 2.67 bits per heavy atom. The number of carbonyl (C=O) groups excluding carboxylic acids is 1. The van der Waals surface area contributed by atoms with Gasteiger partial charge >= 0.3 is 0 Å². The molecule has 0 spiro atoms. The lowest BCUT2D eigenvalue weighted by molar-refractivity contribution is -0.383. The normalized spacial score (nSPS) is 9.33. The highest BCUT2D eigenvalue weighted by Crippen LogP contribution is 2.22. The first kappa shape index (κ1) is 8.19. The van der Waals surface area contributed by atoms with E-state index in [4.69, 9.17) is 5.73 Å². The van der Waals surface area contributed by atoms with Crippen molar-refractivity contribution in [2.75, 3.05) is 5.73 Å². The zero-order valence-corrected chi connectivity index (χ0v) is 5.98. The minimum Gasteiger partial charge on any atom is -0.393 e. The summed E-state index contributed by atoms with van der Waals surface area (Å²) in [5.74, 6) is 0. The molecule has 1 radical (unpaired) electrons. The Bertz CT molecular complexity index is 335. The molecule has 0 aromatic heterocycles. The Balaban J connectivity index is 3.32. The van der Waals surface area contributed by atoms with Crippen LogP contribution in [0.1, 0.15) is 5.56 Å². The molecule has 0 heterocycles. The molecule has 0 unspecified atom stereocenters. The molecule has 2 N–H and O–H groups in total. The molecule has 0 aliphatic carbocycles. The standard InChI is InChI=1S/C7H5N2O3/c8-7-5(4-10)2-1-3-6(7)9(11)12/h1-3H,8H2. The number of hydrogen-bond acceptors (Lipinski definition) is 4. The fraction of sp³-hybridized carbons (Fsp3) is 0. The van der Waals surface area contributed by atoms with Gasteiger partial charge in [0.1, 0.15) is 5.69 Å². The quantitative estimate of drug-likeness (QED) is 0.395. The average Bonchev–Trinajstić information content (AvgIpc) is 2.04. The van der Waals surface area contributed by atoms with Crippen molar-refractivity contribution in [1.82, 2.24) is 0 Å². The first-order chi connectivity index (χ1) is 5.66. The number of para-hydroxylation sites is 1. The van der Waals surface area contributed by atoms with Crippen LogP contribution < -0.4 is 5.73 Å². The summed E-state index contributed by atoms with van der Waals surface area (Å²) < 4.78 is 0. The molecule has 1 rings (SSSR count). The molecule has 0 fully saturated rings. The monoisotopic (exact) mass is 165 g/mol. The van der Waals surface area contributed by atoms with E-state index in [-0.39, 0.29) is 16.9 Å². The second-order valence-corrected chi connectivity index (χ2v) is 2.10. The molecular weight excluding hydrogens is 160 g/mol. The van der Waals surface area contributed by atoms with Crippen LogP contribution >= 0.6 is 0 Å². The topological polar surface area (TPSA) is 86.2 Å². The highest BCUT2D eigenvalue weighted by Gasteiger charge is 2.13. The van der Waals surface area contributed by atoms with Crippen molar-refractivity contribution >= 4 is 17.7 Å². The number of rotatable bonds is 2. The average molecular weight is 165 g/mol. The predicted octanol–water partition coefficient (Wildman–Crippen LogP) is 0.635. The van der Waals surface area contributed by atoms with E-state index < -0.39 is 4.92 Å². The number of nitrogens with zero attached hydrogens (tertiary/aromatic N) is 1. The highest BCUT2D eigenvalue weighted by atomic mass is 16.6. The molecule has 61 valence electrons. The zero-order chi connectivity index (χ0) is 9.14. The minimum absolute atomic E-state index is 0.0178. The molecule has 0 atom stereocenters. The lowest BCUT2D eigenvalue weighted by atomic mass is 10.2. The van der Waals surface area contributed by atoms with Crippen LogP contribution in [0.25, 0.3) is 0 Å². The van der Waals surface area contributed by atoms with E-state index in [1.54, 1.807) is 0 Å². The van der Waals surface area contributed by atoms with Crippen LogP contribution in [-0.2, 0) is 4.79 Å². The summed E-state index contributed by atoms with van der Waals surface area (Å²) in [6, 6.07) is 3.99. The van der Waals surface area contributed by atoms with Crippen molar-refractivity contribution in [3.8, 4) is 0 Å². The molecule has 5 nitrogen and oxygen atoms in total. The lowest BCUT2D eigenvalue weighted by Gasteiger charge is -1.97. The van der Waals surface area contributed by atoms with Crippen LogP contribution in [0.2, 0.25) is 0 Å². The third kappa shape index (κ3) is 1.24. The second-order valence-electron chi connectivity index (χ2n) is 2.10. The van der Waals surface area contributed by atoms with Gasteiger partial charge in [-0.05, 0) is 6.07 Å². The van der Waals surface area contributed by atoms with Crippen molar-refractivity contribution in [2.24, 2.45) is 0 Å². The molecule has 1 aromatic carbocycles. The van der Waals surface area contributed by atoms with Crippen molar-refractivity contribution in [2.45, 2.75) is 0 Å². The van der Waals surface area contributed by atoms with Gasteiger partial charge in [-0.3, -0.25) is 14.9 Å². The molecule has 1 aromatic rings. The molecule has 5 heteroatoms. The molecule has 0 bridgehead atoms. The predicted molar refractivity (Wildman–Crippen MR) is 42.3 cm³/mol. The van der Waals surface area contributed by atoms with Gasteiger partial charge in [0, 0.05) is 6.07 Å². The van der Waals surface area contributed by atoms with Crippen molar-refractivity contribution in [1.29, 1.82) is 0 Å². The van der Waals surface area contributed by atoms with Crippen molar-refractivity contribution in [3.05, 3.63) is 33.9 Å². The van der Waals surface area contributed by atoms with Crippen LogP contribution in [-0.4, -0.2) is 11.2 Å². The van der Waals surface area contributed by atoms with Gasteiger partial charge in [0.15, 0.2) is 0 Å². The zero-order valence-electron chi connectivity index (χ0n) is 5.98. The van der Waals surface area contributed by atoms with Gasteiger partial charge in [0.05, 0.1) is 10.5 Å². The Hall–Kier alpha value is -1.91. The molecule has 0 amide bonds. The van der Waals surface area contributed by atoms with E-state index in [1.165, 1.54) is 24.5 Å². The highest BCUT2D eigenvalue weighted by molar-refractivity contribution is 5.87. The van der Waals surface area contributed by atoms with Crippen LogP contribution in [0.15, 0.2) is 18.2 Å². The van der Waals surface area contributed by atoms with Gasteiger partial charge in [0.25, 0.3) is 5.69 Å². The van der Waals surface area contributed by atoms with Crippen LogP contribution in [0.4, 0.5) is 11.4 Å². The fourth-order valence-corrected chi connectivity index (χ4v) is 0.801. The maximum Gasteiger partial charge on any atom is 0.292 e. The third-order valence-corrected chi connectivity index (χ3v) is 1.39. The molecule has 0 saturated heterocycles. The third-order valence-electron chi connectivity index (χ3n) is 1.39. The van der Waals surface area contributed by atoms with Gasteiger partial charge in [0.2, 0.25) is 6.29 Å². The van der Waals surface area contributed by atoms with Crippen LogP contribution in [0.3, 0.4) is 0 Å². The molecular formula is C7H5N2O3. The van der Waals surface area contributed by atoms with E-state index >= 15 is 0 Å². The number of benzene rings is 1. The Morgan fingerprint density at radius 1 is 1.50 bits per heavy atom. The summed E-state index contributed by atoms with van der Waals surface area (Å²) >= 11 is 0. The Labute approximate surface area is 68.0 Å². The largest absolute Gasteiger partial charge is 0.393 e. The maximum absolute atomic E-state index is 10.3. The number of nitro benzene ring substituents is 1. The fourth-order valence-electron chi connectivity index (χ4n) is 0.801. The first-order valence-corrected chi connectivity index (χ1v) is 3.08. The maximum atomic E-state index is 10.3. The second kappa shape index (κ2) is 3.00. The van der Waals surface area contributed by atoms with E-state index in [9.17, 15) is 14.9 Å². The SMILES string of the molecule is Nc1c([C]=O)cccc1[N+](=O)[O-]. The number of anilines is 1. The Morgan fingerprint density at radius 2 is 2.17 bits per heavy atom.